The molecule has 0 aliphatic carbocycles. The standard InChI is InChI=1S/C25H22N2O3S/c1-2-29-22-10-6-7-11-23(22)30-16-24(28)26-20-14-12-18(13-15-20)21-17-31-25(27-21)19-8-4-3-5-9-19/h3-15,17H,2,16H2,1H3,(H,26,28). The minimum Gasteiger partial charge on any atom is -0.490 e. The minimum atomic E-state index is -0.237. The zero-order valence-electron chi connectivity index (χ0n) is 17.1. The Morgan fingerprint density at radius 3 is 2.26 bits per heavy atom. The van der Waals surface area contributed by atoms with Crippen molar-refractivity contribution >= 4 is 22.9 Å². The van der Waals surface area contributed by atoms with E-state index in [9.17, 15) is 4.79 Å². The van der Waals surface area contributed by atoms with Crippen LogP contribution in [0.5, 0.6) is 11.5 Å². The van der Waals surface area contributed by atoms with Crippen LogP contribution in [0.2, 0.25) is 0 Å². The molecule has 31 heavy (non-hydrogen) atoms. The second-order valence-electron chi connectivity index (χ2n) is 6.70. The van der Waals surface area contributed by atoms with Crippen LogP contribution in [-0.4, -0.2) is 24.1 Å². The summed E-state index contributed by atoms with van der Waals surface area (Å²) < 4.78 is 11.1. The molecule has 1 aromatic heterocycles. The van der Waals surface area contributed by atoms with Crippen molar-refractivity contribution < 1.29 is 14.3 Å². The first-order valence-electron chi connectivity index (χ1n) is 9.99. The second kappa shape index (κ2) is 9.91. The molecule has 0 atom stereocenters. The Morgan fingerprint density at radius 1 is 0.871 bits per heavy atom. The Kier molecular flexibility index (Phi) is 6.59. The number of anilines is 1. The van der Waals surface area contributed by atoms with Crippen molar-refractivity contribution in [1.82, 2.24) is 4.98 Å². The lowest BCUT2D eigenvalue weighted by Crippen LogP contribution is -2.20. The topological polar surface area (TPSA) is 60.5 Å². The molecule has 0 fully saturated rings. The summed E-state index contributed by atoms with van der Waals surface area (Å²) >= 11 is 1.61. The number of aromatic nitrogens is 1. The quantitative estimate of drug-likeness (QED) is 0.378. The van der Waals surface area contributed by atoms with Gasteiger partial charge in [-0.1, -0.05) is 54.6 Å². The molecule has 1 heterocycles. The van der Waals surface area contributed by atoms with Gasteiger partial charge in [-0.15, -0.1) is 11.3 Å². The maximum absolute atomic E-state index is 12.3. The molecule has 0 spiro atoms. The lowest BCUT2D eigenvalue weighted by Gasteiger charge is -2.11. The van der Waals surface area contributed by atoms with E-state index in [0.29, 0.717) is 23.8 Å². The molecule has 0 bridgehead atoms. The van der Waals surface area contributed by atoms with E-state index in [4.69, 9.17) is 14.5 Å². The smallest absolute Gasteiger partial charge is 0.262 e. The fraction of sp³-hybridized carbons (Fsp3) is 0.120. The Hall–Kier alpha value is -3.64. The van der Waals surface area contributed by atoms with Crippen LogP contribution >= 0.6 is 11.3 Å². The summed E-state index contributed by atoms with van der Waals surface area (Å²) in [6, 6.07) is 25.0. The molecule has 0 unspecified atom stereocenters. The van der Waals surface area contributed by atoms with Gasteiger partial charge in [-0.25, -0.2) is 4.98 Å². The van der Waals surface area contributed by atoms with Gasteiger partial charge < -0.3 is 14.8 Å². The molecule has 0 saturated carbocycles. The van der Waals surface area contributed by atoms with E-state index in [0.717, 1.165) is 21.8 Å². The van der Waals surface area contributed by atoms with Crippen LogP contribution in [0.25, 0.3) is 21.8 Å². The van der Waals surface area contributed by atoms with Crippen LogP contribution in [0.15, 0.2) is 84.2 Å². The molecular formula is C25H22N2O3S. The van der Waals surface area contributed by atoms with Crippen LogP contribution < -0.4 is 14.8 Å². The first kappa shape index (κ1) is 20.6. The highest BCUT2D eigenvalue weighted by Crippen LogP contribution is 2.29. The average molecular weight is 431 g/mol. The summed E-state index contributed by atoms with van der Waals surface area (Å²) in [5.41, 5.74) is 3.72. The molecule has 4 rings (SSSR count). The Morgan fingerprint density at radius 2 is 1.55 bits per heavy atom. The van der Waals surface area contributed by atoms with Crippen molar-refractivity contribution in [3.8, 4) is 33.3 Å². The first-order valence-corrected chi connectivity index (χ1v) is 10.9. The van der Waals surface area contributed by atoms with E-state index in [-0.39, 0.29) is 12.5 Å². The van der Waals surface area contributed by atoms with E-state index in [1.807, 2.05) is 73.0 Å². The van der Waals surface area contributed by atoms with Crippen molar-refractivity contribution in [2.24, 2.45) is 0 Å². The predicted molar refractivity (Wildman–Crippen MR) is 125 cm³/mol. The van der Waals surface area contributed by atoms with Crippen molar-refractivity contribution in [3.05, 3.63) is 84.2 Å². The molecule has 6 heteroatoms. The van der Waals surface area contributed by atoms with E-state index < -0.39 is 0 Å². The van der Waals surface area contributed by atoms with Crippen LogP contribution in [0.4, 0.5) is 5.69 Å². The Balaban J connectivity index is 1.36. The zero-order chi connectivity index (χ0) is 21.5. The normalized spacial score (nSPS) is 10.5. The summed E-state index contributed by atoms with van der Waals surface area (Å²) in [7, 11) is 0. The van der Waals surface area contributed by atoms with Gasteiger partial charge in [0.15, 0.2) is 18.1 Å². The van der Waals surface area contributed by atoms with Gasteiger partial charge in [0.1, 0.15) is 5.01 Å². The van der Waals surface area contributed by atoms with Crippen molar-refractivity contribution in [2.75, 3.05) is 18.5 Å². The van der Waals surface area contributed by atoms with Gasteiger partial charge in [0, 0.05) is 22.2 Å². The van der Waals surface area contributed by atoms with E-state index >= 15 is 0 Å². The maximum Gasteiger partial charge on any atom is 0.262 e. The number of nitrogens with one attached hydrogen (secondary N) is 1. The number of amides is 1. The molecule has 5 nitrogen and oxygen atoms in total. The summed E-state index contributed by atoms with van der Waals surface area (Å²) in [6.45, 7) is 2.34. The van der Waals surface area contributed by atoms with Crippen LogP contribution in [-0.2, 0) is 4.79 Å². The van der Waals surface area contributed by atoms with Crippen molar-refractivity contribution in [3.63, 3.8) is 0 Å². The molecule has 156 valence electrons. The van der Waals surface area contributed by atoms with Gasteiger partial charge in [0.05, 0.1) is 12.3 Å². The molecule has 0 saturated heterocycles. The maximum atomic E-state index is 12.3. The van der Waals surface area contributed by atoms with Crippen molar-refractivity contribution in [1.29, 1.82) is 0 Å². The third kappa shape index (κ3) is 5.29. The summed E-state index contributed by atoms with van der Waals surface area (Å²) in [4.78, 5) is 17.0. The number of rotatable bonds is 8. The van der Waals surface area contributed by atoms with Gasteiger partial charge in [-0.2, -0.15) is 0 Å². The van der Waals surface area contributed by atoms with Gasteiger partial charge in [-0.05, 0) is 31.2 Å². The van der Waals surface area contributed by atoms with Gasteiger partial charge in [-0.3, -0.25) is 4.79 Å². The number of hydrogen-bond donors (Lipinski definition) is 1. The molecule has 0 radical (unpaired) electrons. The summed E-state index contributed by atoms with van der Waals surface area (Å²) in [6.07, 6.45) is 0. The highest BCUT2D eigenvalue weighted by atomic mass is 32.1. The molecule has 1 amide bonds. The number of thiazole rings is 1. The molecule has 4 aromatic rings. The second-order valence-corrected chi connectivity index (χ2v) is 7.56. The number of benzene rings is 3. The monoisotopic (exact) mass is 430 g/mol. The fourth-order valence-electron chi connectivity index (χ4n) is 3.03. The number of carbonyl (C=O) groups excluding carboxylic acids is 1. The molecule has 0 aliphatic rings. The third-order valence-corrected chi connectivity index (χ3v) is 5.39. The Bertz CT molecular complexity index is 1140. The fourth-order valence-corrected chi connectivity index (χ4v) is 3.86. The number of para-hydroxylation sites is 2. The summed E-state index contributed by atoms with van der Waals surface area (Å²) in [5.74, 6) is 0.937. The van der Waals surface area contributed by atoms with Crippen LogP contribution in [0.1, 0.15) is 6.92 Å². The first-order chi connectivity index (χ1) is 15.2. The lowest BCUT2D eigenvalue weighted by atomic mass is 10.1. The minimum absolute atomic E-state index is 0.0988. The number of ether oxygens (including phenoxy) is 2. The lowest BCUT2D eigenvalue weighted by molar-refractivity contribution is -0.118. The van der Waals surface area contributed by atoms with Gasteiger partial charge in [0.25, 0.3) is 5.91 Å². The molecule has 3 aromatic carbocycles. The molecule has 1 N–H and O–H groups in total. The van der Waals surface area contributed by atoms with Crippen molar-refractivity contribution in [2.45, 2.75) is 6.92 Å². The van der Waals surface area contributed by atoms with Gasteiger partial charge in [0.2, 0.25) is 0 Å². The van der Waals surface area contributed by atoms with E-state index in [1.54, 1.807) is 17.4 Å². The van der Waals surface area contributed by atoms with E-state index in [1.165, 1.54) is 0 Å². The molecule has 0 aliphatic heterocycles. The number of hydrogen-bond acceptors (Lipinski definition) is 5. The van der Waals surface area contributed by atoms with Crippen LogP contribution in [0, 0.1) is 0 Å². The third-order valence-electron chi connectivity index (χ3n) is 4.50. The van der Waals surface area contributed by atoms with Crippen LogP contribution in [0.3, 0.4) is 0 Å². The SMILES string of the molecule is CCOc1ccccc1OCC(=O)Nc1ccc(-c2csc(-c3ccccc3)n2)cc1. The predicted octanol–water partition coefficient (Wildman–Crippen LogP) is 5.89. The van der Waals surface area contributed by atoms with Gasteiger partial charge >= 0.3 is 0 Å². The highest BCUT2D eigenvalue weighted by Gasteiger charge is 2.09. The summed E-state index contributed by atoms with van der Waals surface area (Å²) in [5, 5.41) is 5.88. The zero-order valence-corrected chi connectivity index (χ0v) is 17.9. The Labute approximate surface area is 185 Å². The van der Waals surface area contributed by atoms with E-state index in [2.05, 4.69) is 17.4 Å². The largest absolute Gasteiger partial charge is 0.490 e. The number of nitrogens with zero attached hydrogens (tertiary/aromatic N) is 1. The number of carbonyl (C=O) groups is 1. The highest BCUT2D eigenvalue weighted by molar-refractivity contribution is 7.13. The molecular weight excluding hydrogens is 408 g/mol. The average Bonchev–Trinajstić information content (AvgIpc) is 3.30.